The van der Waals surface area contributed by atoms with Crippen molar-refractivity contribution in [3.63, 3.8) is 0 Å². The number of halogens is 1. The Morgan fingerprint density at radius 1 is 1.58 bits per heavy atom. The van der Waals surface area contributed by atoms with Crippen molar-refractivity contribution in [3.8, 4) is 0 Å². The molecular weight excluding hydrogens is 280 g/mol. The Morgan fingerprint density at radius 2 is 2.37 bits per heavy atom. The average molecular weight is 299 g/mol. The molecule has 19 heavy (non-hydrogen) atoms. The van der Waals surface area contributed by atoms with Crippen LogP contribution in [0.15, 0.2) is 18.2 Å². The Hall–Kier alpha value is -0.680. The van der Waals surface area contributed by atoms with E-state index >= 15 is 0 Å². The van der Waals surface area contributed by atoms with Crippen LogP contribution in [0.25, 0.3) is 0 Å². The fourth-order valence-corrected chi connectivity index (χ4v) is 2.66. The van der Waals surface area contributed by atoms with Crippen molar-refractivity contribution in [2.75, 3.05) is 19.7 Å². The lowest BCUT2D eigenvalue weighted by molar-refractivity contribution is 0.0668. The zero-order valence-electron chi connectivity index (χ0n) is 11.1. The summed E-state index contributed by atoms with van der Waals surface area (Å²) in [5, 5.41) is 0.725. The van der Waals surface area contributed by atoms with Crippen LogP contribution in [0, 0.1) is 0 Å². The molecule has 2 rings (SSSR count). The van der Waals surface area contributed by atoms with E-state index < -0.39 is 0 Å². The van der Waals surface area contributed by atoms with Gasteiger partial charge in [0.1, 0.15) is 4.99 Å². The molecule has 1 aliphatic rings. The smallest absolute Gasteiger partial charge is 0.104 e. The van der Waals surface area contributed by atoms with Gasteiger partial charge in [0.15, 0.2) is 0 Å². The molecule has 104 valence electrons. The van der Waals surface area contributed by atoms with Gasteiger partial charge in [-0.15, -0.1) is 0 Å². The quantitative estimate of drug-likeness (QED) is 0.871. The molecule has 1 aromatic carbocycles. The van der Waals surface area contributed by atoms with Crippen LogP contribution in [0.5, 0.6) is 0 Å². The maximum atomic E-state index is 6.30. The minimum absolute atomic E-state index is 0.275. The lowest BCUT2D eigenvalue weighted by Crippen LogP contribution is -2.29. The first-order valence-corrected chi connectivity index (χ1v) is 7.27. The largest absolute Gasteiger partial charge is 0.389 e. The summed E-state index contributed by atoms with van der Waals surface area (Å²) >= 11 is 11.2. The Morgan fingerprint density at radius 3 is 3.05 bits per heavy atom. The summed E-state index contributed by atoms with van der Waals surface area (Å²) in [6, 6.07) is 5.78. The third-order valence-corrected chi connectivity index (χ3v) is 3.86. The van der Waals surface area contributed by atoms with Gasteiger partial charge in [0, 0.05) is 36.8 Å². The summed E-state index contributed by atoms with van der Waals surface area (Å²) in [4.78, 5) is 2.75. The van der Waals surface area contributed by atoms with Crippen molar-refractivity contribution in [1.29, 1.82) is 0 Å². The topological polar surface area (TPSA) is 38.5 Å². The van der Waals surface area contributed by atoms with Crippen LogP contribution in [0.3, 0.4) is 0 Å². The SMILES string of the molecule is CC1CN(Cc2ccc(C(N)=S)cc2Cl)CCCO1. The fourth-order valence-electron chi connectivity index (χ4n) is 2.29. The van der Waals surface area contributed by atoms with Crippen LogP contribution in [-0.2, 0) is 11.3 Å². The molecular formula is C14H19ClN2OS. The normalized spacial score (nSPS) is 21.1. The summed E-state index contributed by atoms with van der Waals surface area (Å²) in [6.45, 7) is 5.76. The van der Waals surface area contributed by atoms with Crippen LogP contribution >= 0.6 is 23.8 Å². The maximum Gasteiger partial charge on any atom is 0.104 e. The average Bonchev–Trinajstić information content (AvgIpc) is 2.56. The molecule has 0 aromatic heterocycles. The van der Waals surface area contributed by atoms with Crippen LogP contribution in [0.2, 0.25) is 5.02 Å². The first-order valence-electron chi connectivity index (χ1n) is 6.48. The molecule has 0 spiro atoms. The van der Waals surface area contributed by atoms with Gasteiger partial charge < -0.3 is 10.5 Å². The van der Waals surface area contributed by atoms with Gasteiger partial charge in [-0.2, -0.15) is 0 Å². The van der Waals surface area contributed by atoms with Gasteiger partial charge in [-0.3, -0.25) is 4.90 Å². The number of nitrogens with two attached hydrogens (primary N) is 1. The summed E-state index contributed by atoms with van der Waals surface area (Å²) in [5.74, 6) is 0. The minimum Gasteiger partial charge on any atom is -0.389 e. The highest BCUT2D eigenvalue weighted by molar-refractivity contribution is 7.80. The first kappa shape index (κ1) is 14.7. The number of benzene rings is 1. The summed E-state index contributed by atoms with van der Waals surface area (Å²) in [7, 11) is 0. The van der Waals surface area contributed by atoms with E-state index in [1.54, 1.807) is 0 Å². The van der Waals surface area contributed by atoms with Gasteiger partial charge in [0.2, 0.25) is 0 Å². The molecule has 0 amide bonds. The van der Waals surface area contributed by atoms with Gasteiger partial charge in [-0.1, -0.05) is 36.0 Å². The van der Waals surface area contributed by atoms with E-state index in [1.165, 1.54) is 0 Å². The highest BCUT2D eigenvalue weighted by atomic mass is 35.5. The lowest BCUT2D eigenvalue weighted by atomic mass is 10.1. The van der Waals surface area contributed by atoms with Crippen LogP contribution in [0.1, 0.15) is 24.5 Å². The number of thiocarbonyl (C=S) groups is 1. The molecule has 0 bridgehead atoms. The van der Waals surface area contributed by atoms with Crippen LogP contribution < -0.4 is 5.73 Å². The van der Waals surface area contributed by atoms with E-state index in [0.717, 1.165) is 48.8 Å². The molecule has 0 saturated carbocycles. The predicted octanol–water partition coefficient (Wildman–Crippen LogP) is 2.59. The molecule has 3 nitrogen and oxygen atoms in total. The lowest BCUT2D eigenvalue weighted by Gasteiger charge is -2.22. The molecule has 5 heteroatoms. The third kappa shape index (κ3) is 4.14. The highest BCUT2D eigenvalue weighted by Gasteiger charge is 2.16. The Kier molecular flexibility index (Phi) is 5.16. The van der Waals surface area contributed by atoms with Crippen molar-refractivity contribution in [3.05, 3.63) is 34.3 Å². The minimum atomic E-state index is 0.275. The molecule has 1 unspecified atom stereocenters. The van der Waals surface area contributed by atoms with Crippen LogP contribution in [-0.4, -0.2) is 35.7 Å². The number of nitrogens with zero attached hydrogens (tertiary/aromatic N) is 1. The standard InChI is InChI=1S/C14H19ClN2OS/c1-10-8-17(5-2-6-18-10)9-12-4-3-11(14(16)19)7-13(12)15/h3-4,7,10H,2,5-6,8-9H2,1H3,(H2,16,19). The molecule has 1 fully saturated rings. The molecule has 0 radical (unpaired) electrons. The second kappa shape index (κ2) is 6.66. The number of hydrogen-bond acceptors (Lipinski definition) is 3. The van der Waals surface area contributed by atoms with E-state index in [2.05, 4.69) is 11.8 Å². The Balaban J connectivity index is 2.07. The van der Waals surface area contributed by atoms with Gasteiger partial charge in [0.25, 0.3) is 0 Å². The maximum absolute atomic E-state index is 6.30. The predicted molar refractivity (Wildman–Crippen MR) is 82.6 cm³/mol. The molecule has 1 saturated heterocycles. The third-order valence-electron chi connectivity index (χ3n) is 3.27. The molecule has 1 heterocycles. The van der Waals surface area contributed by atoms with Crippen LogP contribution in [0.4, 0.5) is 0 Å². The summed E-state index contributed by atoms with van der Waals surface area (Å²) in [5.41, 5.74) is 7.52. The molecule has 0 aliphatic carbocycles. The highest BCUT2D eigenvalue weighted by Crippen LogP contribution is 2.21. The van der Waals surface area contributed by atoms with Crippen molar-refractivity contribution < 1.29 is 4.74 Å². The van der Waals surface area contributed by atoms with Crippen molar-refractivity contribution in [2.24, 2.45) is 5.73 Å². The Labute approximate surface area is 124 Å². The zero-order chi connectivity index (χ0) is 13.8. The van der Waals surface area contributed by atoms with Gasteiger partial charge >= 0.3 is 0 Å². The monoisotopic (exact) mass is 298 g/mol. The zero-order valence-corrected chi connectivity index (χ0v) is 12.6. The van der Waals surface area contributed by atoms with Crippen molar-refractivity contribution in [2.45, 2.75) is 26.0 Å². The van der Waals surface area contributed by atoms with Crippen molar-refractivity contribution >= 4 is 28.8 Å². The van der Waals surface area contributed by atoms with Gasteiger partial charge in [0.05, 0.1) is 6.10 Å². The second-order valence-corrected chi connectivity index (χ2v) is 5.79. The number of rotatable bonds is 3. The summed E-state index contributed by atoms with van der Waals surface area (Å²) in [6.07, 6.45) is 1.34. The van der Waals surface area contributed by atoms with Gasteiger partial charge in [-0.05, 0) is 25.0 Å². The second-order valence-electron chi connectivity index (χ2n) is 4.94. The molecule has 1 aliphatic heterocycles. The number of ether oxygens (including phenoxy) is 1. The molecule has 1 atom stereocenters. The van der Waals surface area contributed by atoms with E-state index in [1.807, 2.05) is 18.2 Å². The molecule has 2 N–H and O–H groups in total. The van der Waals surface area contributed by atoms with E-state index in [0.29, 0.717) is 4.99 Å². The van der Waals surface area contributed by atoms with Crippen molar-refractivity contribution in [1.82, 2.24) is 4.90 Å². The van der Waals surface area contributed by atoms with E-state index in [4.69, 9.17) is 34.3 Å². The first-order chi connectivity index (χ1) is 9.06. The fraction of sp³-hybridized carbons (Fsp3) is 0.500. The Bertz CT molecular complexity index is 467. The van der Waals surface area contributed by atoms with Gasteiger partial charge in [-0.25, -0.2) is 0 Å². The van der Waals surface area contributed by atoms with E-state index in [-0.39, 0.29) is 6.10 Å². The number of hydrogen-bond donors (Lipinski definition) is 1. The van der Waals surface area contributed by atoms with E-state index in [9.17, 15) is 0 Å². The summed E-state index contributed by atoms with van der Waals surface area (Å²) < 4.78 is 5.64. The molecule has 1 aromatic rings.